The van der Waals surface area contributed by atoms with Gasteiger partial charge in [-0.2, -0.15) is 4.40 Å². The van der Waals surface area contributed by atoms with Gasteiger partial charge in [0.15, 0.2) is 12.4 Å². The van der Waals surface area contributed by atoms with Crippen molar-refractivity contribution in [2.45, 2.75) is 0 Å². The standard InChI is InChI=1S/C23H17N2/c1-24(2)18-9-8-15-6-7-16-11-13-25-12-10-14-4-3-5-17-19(14)23(25)21(16)20(15)22(17)18/h3-13H,1-2H3/q+1. The van der Waals surface area contributed by atoms with E-state index in [2.05, 4.69) is 90.4 Å². The Hall–Kier alpha value is -3.13. The lowest BCUT2D eigenvalue weighted by molar-refractivity contribution is -0.509. The van der Waals surface area contributed by atoms with Gasteiger partial charge in [-0.1, -0.05) is 36.4 Å². The second-order valence-electron chi connectivity index (χ2n) is 7.14. The highest BCUT2D eigenvalue weighted by Crippen LogP contribution is 2.44. The summed E-state index contributed by atoms with van der Waals surface area (Å²) in [6.45, 7) is 0. The summed E-state index contributed by atoms with van der Waals surface area (Å²) in [5, 5.41) is 10.8. The van der Waals surface area contributed by atoms with E-state index in [0.717, 1.165) is 0 Å². The van der Waals surface area contributed by atoms with E-state index in [0.29, 0.717) is 0 Å². The van der Waals surface area contributed by atoms with Crippen LogP contribution in [-0.4, -0.2) is 14.1 Å². The average Bonchev–Trinajstić information content (AvgIpc) is 2.65. The molecule has 0 fully saturated rings. The van der Waals surface area contributed by atoms with E-state index in [-0.39, 0.29) is 0 Å². The minimum absolute atomic E-state index is 1.28. The number of fused-ring (bicyclic) bond motifs is 1. The number of anilines is 1. The lowest BCUT2D eigenvalue weighted by Crippen LogP contribution is -2.21. The van der Waals surface area contributed by atoms with E-state index in [1.807, 2.05) is 0 Å². The average molecular weight is 321 g/mol. The Morgan fingerprint density at radius 3 is 2.08 bits per heavy atom. The predicted octanol–water partition coefficient (Wildman–Crippen LogP) is 4.98. The van der Waals surface area contributed by atoms with Gasteiger partial charge in [0.1, 0.15) is 0 Å². The van der Waals surface area contributed by atoms with Crippen LogP contribution in [0.15, 0.2) is 67.0 Å². The van der Waals surface area contributed by atoms with Gasteiger partial charge in [-0.25, -0.2) is 0 Å². The van der Waals surface area contributed by atoms with Gasteiger partial charge in [0, 0.05) is 42.7 Å². The monoisotopic (exact) mass is 321 g/mol. The molecule has 0 saturated heterocycles. The molecule has 0 unspecified atom stereocenters. The van der Waals surface area contributed by atoms with E-state index < -0.39 is 0 Å². The highest BCUT2D eigenvalue weighted by atomic mass is 15.1. The van der Waals surface area contributed by atoms with Crippen LogP contribution in [0.1, 0.15) is 0 Å². The minimum atomic E-state index is 1.28. The van der Waals surface area contributed by atoms with Crippen LogP contribution in [0.2, 0.25) is 0 Å². The molecule has 0 N–H and O–H groups in total. The zero-order valence-electron chi connectivity index (χ0n) is 14.2. The molecular weight excluding hydrogens is 304 g/mol. The van der Waals surface area contributed by atoms with Gasteiger partial charge in [-0.3, -0.25) is 0 Å². The summed E-state index contributed by atoms with van der Waals surface area (Å²) in [5.41, 5.74) is 2.61. The van der Waals surface area contributed by atoms with E-state index >= 15 is 0 Å². The molecule has 0 bridgehead atoms. The molecule has 0 saturated carbocycles. The molecule has 2 aromatic heterocycles. The third-order valence-electron chi connectivity index (χ3n) is 5.61. The highest BCUT2D eigenvalue weighted by Gasteiger charge is 2.23. The van der Waals surface area contributed by atoms with Crippen LogP contribution in [0.25, 0.3) is 48.6 Å². The summed E-state index contributed by atoms with van der Waals surface area (Å²) in [6.07, 6.45) is 4.36. The third-order valence-corrected chi connectivity index (χ3v) is 5.61. The number of aromatic nitrogens is 1. The molecular formula is C23H17N2+. The number of hydrogen-bond acceptors (Lipinski definition) is 1. The topological polar surface area (TPSA) is 7.34 Å². The summed E-state index contributed by atoms with van der Waals surface area (Å²) < 4.78 is 2.28. The van der Waals surface area contributed by atoms with Crippen LogP contribution in [0.4, 0.5) is 5.69 Å². The van der Waals surface area contributed by atoms with E-state index in [1.54, 1.807) is 0 Å². The Kier molecular flexibility index (Phi) is 2.26. The molecule has 4 aromatic carbocycles. The maximum atomic E-state index is 2.28. The van der Waals surface area contributed by atoms with Gasteiger partial charge in [0.05, 0.1) is 10.8 Å². The van der Waals surface area contributed by atoms with Crippen molar-refractivity contribution in [1.82, 2.24) is 0 Å². The van der Waals surface area contributed by atoms with Crippen LogP contribution in [0, 0.1) is 0 Å². The van der Waals surface area contributed by atoms with Crippen molar-refractivity contribution < 1.29 is 4.40 Å². The molecule has 25 heavy (non-hydrogen) atoms. The fourth-order valence-corrected chi connectivity index (χ4v) is 4.55. The second kappa shape index (κ2) is 4.28. The summed E-state index contributed by atoms with van der Waals surface area (Å²) >= 11 is 0. The molecule has 0 atom stereocenters. The smallest absolute Gasteiger partial charge is 0.227 e. The Morgan fingerprint density at radius 1 is 0.640 bits per heavy atom. The largest absolute Gasteiger partial charge is 0.377 e. The summed E-state index contributed by atoms with van der Waals surface area (Å²) in [6, 6.07) is 20.2. The van der Waals surface area contributed by atoms with Crippen molar-refractivity contribution in [2.24, 2.45) is 0 Å². The van der Waals surface area contributed by atoms with E-state index in [4.69, 9.17) is 0 Å². The normalized spacial score (nSPS) is 12.4. The van der Waals surface area contributed by atoms with Crippen LogP contribution in [0.3, 0.4) is 0 Å². The zero-order chi connectivity index (χ0) is 16.7. The minimum Gasteiger partial charge on any atom is -0.377 e. The first-order valence-corrected chi connectivity index (χ1v) is 8.67. The molecule has 0 aliphatic rings. The van der Waals surface area contributed by atoms with Crippen LogP contribution >= 0.6 is 0 Å². The number of rotatable bonds is 1. The van der Waals surface area contributed by atoms with Crippen molar-refractivity contribution in [1.29, 1.82) is 0 Å². The number of hydrogen-bond donors (Lipinski definition) is 0. The highest BCUT2D eigenvalue weighted by molar-refractivity contribution is 6.36. The van der Waals surface area contributed by atoms with Crippen LogP contribution < -0.4 is 9.30 Å². The maximum absolute atomic E-state index is 2.28. The van der Waals surface area contributed by atoms with Crippen molar-refractivity contribution in [3.63, 3.8) is 0 Å². The van der Waals surface area contributed by atoms with E-state index in [9.17, 15) is 0 Å². The summed E-state index contributed by atoms with van der Waals surface area (Å²) in [5.74, 6) is 0. The molecule has 6 aromatic rings. The Labute approximate surface area is 145 Å². The first-order chi connectivity index (χ1) is 12.2. The van der Waals surface area contributed by atoms with Crippen molar-refractivity contribution in [2.75, 3.05) is 19.0 Å². The van der Waals surface area contributed by atoms with Gasteiger partial charge in [-0.15, -0.1) is 0 Å². The van der Waals surface area contributed by atoms with Crippen molar-refractivity contribution in [3.8, 4) is 0 Å². The summed E-state index contributed by atoms with van der Waals surface area (Å²) in [7, 11) is 4.27. The fraction of sp³-hybridized carbons (Fsp3) is 0.0870. The maximum Gasteiger partial charge on any atom is 0.227 e. The van der Waals surface area contributed by atoms with Crippen molar-refractivity contribution in [3.05, 3.63) is 67.0 Å². The lowest BCUT2D eigenvalue weighted by atomic mass is 9.89. The van der Waals surface area contributed by atoms with Crippen LogP contribution in [-0.2, 0) is 0 Å². The SMILES string of the molecule is CN(C)c1ccc2ccc3cc[n+]4ccc5cccc6c1c2c3c4c56. The van der Waals surface area contributed by atoms with Gasteiger partial charge in [0.25, 0.3) is 0 Å². The lowest BCUT2D eigenvalue weighted by Gasteiger charge is -2.20. The number of pyridine rings is 2. The van der Waals surface area contributed by atoms with Crippen LogP contribution in [0.5, 0.6) is 0 Å². The zero-order valence-corrected chi connectivity index (χ0v) is 14.2. The Bertz CT molecular complexity index is 1400. The van der Waals surface area contributed by atoms with Gasteiger partial charge >= 0.3 is 0 Å². The summed E-state index contributed by atoms with van der Waals surface area (Å²) in [4.78, 5) is 2.23. The molecule has 0 amide bonds. The second-order valence-corrected chi connectivity index (χ2v) is 7.14. The number of benzene rings is 4. The predicted molar refractivity (Wildman–Crippen MR) is 106 cm³/mol. The van der Waals surface area contributed by atoms with Gasteiger partial charge in [0.2, 0.25) is 5.52 Å². The first-order valence-electron chi connectivity index (χ1n) is 8.67. The molecule has 0 aliphatic heterocycles. The molecule has 118 valence electrons. The fourth-order valence-electron chi connectivity index (χ4n) is 4.55. The number of nitrogens with zero attached hydrogens (tertiary/aromatic N) is 2. The molecule has 6 rings (SSSR count). The molecule has 0 aliphatic carbocycles. The molecule has 2 nitrogen and oxygen atoms in total. The van der Waals surface area contributed by atoms with Gasteiger partial charge in [-0.05, 0) is 27.6 Å². The van der Waals surface area contributed by atoms with Gasteiger partial charge < -0.3 is 4.90 Å². The molecule has 2 heterocycles. The third kappa shape index (κ3) is 1.48. The van der Waals surface area contributed by atoms with Crippen molar-refractivity contribution >= 4 is 54.3 Å². The molecule has 0 spiro atoms. The molecule has 0 radical (unpaired) electrons. The quantitative estimate of drug-likeness (QED) is 0.235. The van der Waals surface area contributed by atoms with E-state index in [1.165, 1.54) is 54.3 Å². The first kappa shape index (κ1) is 13.2. The molecule has 2 heteroatoms. The Morgan fingerprint density at radius 2 is 1.32 bits per heavy atom. The Balaban J connectivity index is 2.13.